The Kier molecular flexibility index (Phi) is 13.7. The number of rotatable bonds is 2. The van der Waals surface area contributed by atoms with Crippen molar-refractivity contribution in [3.05, 3.63) is 0 Å². The van der Waals surface area contributed by atoms with Gasteiger partial charge in [-0.15, -0.1) is 0 Å². The summed E-state index contributed by atoms with van der Waals surface area (Å²) in [6.45, 7) is 4.07. The highest BCUT2D eigenvalue weighted by molar-refractivity contribution is 5.68. The van der Waals surface area contributed by atoms with Gasteiger partial charge in [-0.3, -0.25) is 4.79 Å². The fourth-order valence-electron chi connectivity index (χ4n) is 0.263. The number of carbonyl (C=O) groups is 1. The normalized spacial score (nSPS) is 7.60. The van der Waals surface area contributed by atoms with E-state index in [9.17, 15) is 4.79 Å². The maximum atomic E-state index is 10.2. The summed E-state index contributed by atoms with van der Waals surface area (Å²) in [5, 5.41) is 2.75. The van der Waals surface area contributed by atoms with Crippen molar-refractivity contribution < 1.29 is 9.53 Å². The van der Waals surface area contributed by atoms with Crippen LogP contribution >= 0.6 is 0 Å². The molecule has 0 atom stereocenters. The Bertz CT molecular complexity index is 74.0. The molecule has 3 heteroatoms. The molecule has 0 fully saturated rings. The van der Waals surface area contributed by atoms with Crippen molar-refractivity contribution in [1.82, 2.24) is 5.32 Å². The molecule has 0 aliphatic rings. The third-order valence-corrected chi connectivity index (χ3v) is 0.594. The van der Waals surface area contributed by atoms with Crippen LogP contribution in [0.4, 0.5) is 0 Å². The summed E-state index contributed by atoms with van der Waals surface area (Å²) in [5.74, 6) is -0.123. The van der Waals surface area contributed by atoms with Crippen molar-refractivity contribution in [2.45, 2.75) is 20.3 Å². The van der Waals surface area contributed by atoms with E-state index in [1.165, 1.54) is 0 Å². The lowest BCUT2D eigenvalue weighted by atomic mass is 10.5. The van der Waals surface area contributed by atoms with Crippen LogP contribution in [0.1, 0.15) is 20.3 Å². The van der Waals surface area contributed by atoms with Gasteiger partial charge in [-0.25, -0.2) is 0 Å². The van der Waals surface area contributed by atoms with E-state index in [0.717, 1.165) is 0 Å². The summed E-state index contributed by atoms with van der Waals surface area (Å²) in [7, 11) is 3.75. The van der Waals surface area contributed by atoms with E-state index in [1.54, 1.807) is 13.8 Å². The maximum Gasteiger partial charge on any atom is 0.305 e. The Morgan fingerprint density at radius 1 is 1.40 bits per heavy atom. The van der Waals surface area contributed by atoms with Crippen LogP contribution in [-0.4, -0.2) is 26.7 Å². The molecular weight excluding hydrogens is 130 g/mol. The van der Waals surface area contributed by atoms with Crippen molar-refractivity contribution in [3.8, 4) is 0 Å². The molecule has 0 aromatic carbocycles. The molecule has 0 spiro atoms. The number of hydrogen-bond acceptors (Lipinski definition) is 3. The zero-order valence-corrected chi connectivity index (χ0v) is 7.23. The molecule has 0 aromatic heterocycles. The lowest BCUT2D eigenvalue weighted by Crippen LogP contribution is -2.00. The second-order valence-corrected chi connectivity index (χ2v) is 1.66. The quantitative estimate of drug-likeness (QED) is 0.587. The van der Waals surface area contributed by atoms with Crippen LogP contribution in [0, 0.1) is 0 Å². The third-order valence-electron chi connectivity index (χ3n) is 0.594. The van der Waals surface area contributed by atoms with Gasteiger partial charge in [0.05, 0.1) is 6.61 Å². The maximum absolute atomic E-state index is 10.2. The number of nitrogens with one attached hydrogen (secondary N) is 1. The van der Waals surface area contributed by atoms with E-state index < -0.39 is 0 Å². The topological polar surface area (TPSA) is 38.3 Å². The van der Waals surface area contributed by atoms with Crippen LogP contribution in [0.15, 0.2) is 0 Å². The van der Waals surface area contributed by atoms with Crippen molar-refractivity contribution in [1.29, 1.82) is 0 Å². The smallest absolute Gasteiger partial charge is 0.305 e. The molecule has 0 amide bonds. The van der Waals surface area contributed by atoms with Crippen molar-refractivity contribution in [3.63, 3.8) is 0 Å². The minimum absolute atomic E-state index is 0.123. The Balaban J connectivity index is 0. The summed E-state index contributed by atoms with van der Waals surface area (Å²) in [5.41, 5.74) is 0. The molecule has 0 aromatic rings. The standard InChI is InChI=1S/C5H10O2.C2H7N/c1-3-5(6)7-4-2;1-3-2/h3-4H2,1-2H3;3H,1-2H3. The fourth-order valence-corrected chi connectivity index (χ4v) is 0.263. The lowest BCUT2D eigenvalue weighted by Gasteiger charge is -1.93. The molecule has 0 bridgehead atoms. The third kappa shape index (κ3) is 15.7. The highest BCUT2D eigenvalue weighted by atomic mass is 16.5. The first-order valence-electron chi connectivity index (χ1n) is 3.46. The highest BCUT2D eigenvalue weighted by Gasteiger charge is 1.91. The molecule has 0 radical (unpaired) electrons. The monoisotopic (exact) mass is 147 g/mol. The molecular formula is C7H17NO2. The van der Waals surface area contributed by atoms with Crippen LogP contribution in [0.5, 0.6) is 0 Å². The second kappa shape index (κ2) is 11.3. The molecule has 0 saturated heterocycles. The van der Waals surface area contributed by atoms with Crippen molar-refractivity contribution in [2.75, 3.05) is 20.7 Å². The molecule has 0 aliphatic carbocycles. The van der Waals surface area contributed by atoms with Gasteiger partial charge in [0, 0.05) is 6.42 Å². The van der Waals surface area contributed by atoms with Crippen LogP contribution in [0.25, 0.3) is 0 Å². The molecule has 1 N–H and O–H groups in total. The summed E-state index contributed by atoms with van der Waals surface area (Å²) in [6.07, 6.45) is 0.480. The Morgan fingerprint density at radius 3 is 1.90 bits per heavy atom. The molecule has 0 saturated carbocycles. The molecule has 10 heavy (non-hydrogen) atoms. The predicted octanol–water partition coefficient (Wildman–Crippen LogP) is 0.795. The van der Waals surface area contributed by atoms with Gasteiger partial charge in [-0.05, 0) is 21.0 Å². The summed E-state index contributed by atoms with van der Waals surface area (Å²) in [6, 6.07) is 0. The fraction of sp³-hybridized carbons (Fsp3) is 0.857. The first-order valence-corrected chi connectivity index (χ1v) is 3.46. The van der Waals surface area contributed by atoms with Gasteiger partial charge in [-0.2, -0.15) is 0 Å². The lowest BCUT2D eigenvalue weighted by molar-refractivity contribution is -0.142. The van der Waals surface area contributed by atoms with Gasteiger partial charge >= 0.3 is 5.97 Å². The number of carbonyl (C=O) groups excluding carboxylic acids is 1. The van der Waals surface area contributed by atoms with Gasteiger partial charge in [0.1, 0.15) is 0 Å². The Morgan fingerprint density at radius 2 is 1.80 bits per heavy atom. The summed E-state index contributed by atoms with van der Waals surface area (Å²) < 4.78 is 4.55. The molecule has 0 rings (SSSR count). The minimum atomic E-state index is -0.123. The van der Waals surface area contributed by atoms with Gasteiger partial charge in [0.2, 0.25) is 0 Å². The summed E-state index contributed by atoms with van der Waals surface area (Å²) >= 11 is 0. The zero-order valence-electron chi connectivity index (χ0n) is 7.23. The van der Waals surface area contributed by atoms with Crippen LogP contribution in [-0.2, 0) is 9.53 Å². The van der Waals surface area contributed by atoms with E-state index in [0.29, 0.717) is 13.0 Å². The van der Waals surface area contributed by atoms with Crippen LogP contribution in [0.3, 0.4) is 0 Å². The number of esters is 1. The van der Waals surface area contributed by atoms with E-state index in [-0.39, 0.29) is 5.97 Å². The first kappa shape index (κ1) is 12.1. The van der Waals surface area contributed by atoms with E-state index in [4.69, 9.17) is 0 Å². The zero-order chi connectivity index (χ0) is 8.41. The van der Waals surface area contributed by atoms with Crippen molar-refractivity contribution in [2.24, 2.45) is 0 Å². The second-order valence-electron chi connectivity index (χ2n) is 1.66. The van der Waals surface area contributed by atoms with Crippen molar-refractivity contribution >= 4 is 5.97 Å². The molecule has 0 heterocycles. The largest absolute Gasteiger partial charge is 0.466 e. The predicted molar refractivity (Wildman–Crippen MR) is 41.9 cm³/mol. The molecule has 0 aliphatic heterocycles. The average Bonchev–Trinajstić information content (AvgIpc) is 1.90. The van der Waals surface area contributed by atoms with Gasteiger partial charge < -0.3 is 10.1 Å². The number of ether oxygens (including phenoxy) is 1. The molecule has 62 valence electrons. The van der Waals surface area contributed by atoms with Crippen LogP contribution in [0.2, 0.25) is 0 Å². The van der Waals surface area contributed by atoms with E-state index in [1.807, 2.05) is 14.1 Å². The summed E-state index contributed by atoms with van der Waals surface area (Å²) in [4.78, 5) is 10.2. The number of hydrogen-bond donors (Lipinski definition) is 1. The van der Waals surface area contributed by atoms with Gasteiger partial charge in [0.15, 0.2) is 0 Å². The van der Waals surface area contributed by atoms with E-state index >= 15 is 0 Å². The molecule has 3 nitrogen and oxygen atoms in total. The first-order chi connectivity index (χ1) is 4.72. The average molecular weight is 147 g/mol. The van der Waals surface area contributed by atoms with Gasteiger partial charge in [-0.1, -0.05) is 6.92 Å². The minimum Gasteiger partial charge on any atom is -0.466 e. The Hall–Kier alpha value is -0.570. The van der Waals surface area contributed by atoms with Crippen LogP contribution < -0.4 is 5.32 Å². The SMILES string of the molecule is CCOC(=O)CC.CNC. The van der Waals surface area contributed by atoms with E-state index in [2.05, 4.69) is 10.1 Å². The molecule has 0 unspecified atom stereocenters. The van der Waals surface area contributed by atoms with Gasteiger partial charge in [0.25, 0.3) is 0 Å². The highest BCUT2D eigenvalue weighted by Crippen LogP contribution is 1.80. The Labute approximate surface area is 62.8 Å².